The SMILES string of the molecule is CC(NC(=O)C(NC(=O)C1(C=Cc2ccc3ccc(C(C)O)nc3c2)COC(C)(C)OC1)C(C)C)C(=O)N1CCCC(C(=O)O)N1. The van der Waals surface area contributed by atoms with Crippen LogP contribution in [0, 0.1) is 11.3 Å². The Hall–Kier alpha value is -3.91. The van der Waals surface area contributed by atoms with Crippen molar-refractivity contribution in [3.8, 4) is 0 Å². The van der Waals surface area contributed by atoms with Crippen LogP contribution in [0.1, 0.15) is 71.7 Å². The fourth-order valence-corrected chi connectivity index (χ4v) is 5.28. The van der Waals surface area contributed by atoms with Crippen molar-refractivity contribution in [1.82, 2.24) is 26.1 Å². The summed E-state index contributed by atoms with van der Waals surface area (Å²) in [5, 5.41) is 27.0. The van der Waals surface area contributed by atoms with Crippen molar-refractivity contribution in [3.63, 3.8) is 0 Å². The van der Waals surface area contributed by atoms with Crippen LogP contribution in [0.2, 0.25) is 0 Å². The summed E-state index contributed by atoms with van der Waals surface area (Å²) in [7, 11) is 0. The lowest BCUT2D eigenvalue weighted by atomic mass is 9.85. The summed E-state index contributed by atoms with van der Waals surface area (Å²) in [5.41, 5.74) is 3.43. The second kappa shape index (κ2) is 14.2. The zero-order valence-electron chi connectivity index (χ0n) is 27.2. The first-order valence-corrected chi connectivity index (χ1v) is 15.6. The van der Waals surface area contributed by atoms with Gasteiger partial charge in [-0.2, -0.15) is 0 Å². The number of hydrogen-bond donors (Lipinski definition) is 5. The van der Waals surface area contributed by atoms with Crippen LogP contribution < -0.4 is 16.1 Å². The average Bonchev–Trinajstić information content (AvgIpc) is 3.02. The number of nitrogens with one attached hydrogen (secondary N) is 3. The van der Waals surface area contributed by atoms with E-state index in [1.165, 1.54) is 11.9 Å². The van der Waals surface area contributed by atoms with E-state index < -0.39 is 59.1 Å². The van der Waals surface area contributed by atoms with Gasteiger partial charge in [-0.25, -0.2) is 5.43 Å². The van der Waals surface area contributed by atoms with Crippen LogP contribution >= 0.6 is 0 Å². The number of aliphatic hydroxyl groups is 1. The van der Waals surface area contributed by atoms with Crippen molar-refractivity contribution in [2.75, 3.05) is 19.8 Å². The Kier molecular flexibility index (Phi) is 10.8. The van der Waals surface area contributed by atoms with Crippen molar-refractivity contribution >= 4 is 40.7 Å². The summed E-state index contributed by atoms with van der Waals surface area (Å²) in [5.74, 6) is -3.81. The minimum atomic E-state index is -1.28. The van der Waals surface area contributed by atoms with E-state index in [1.807, 2.05) is 24.3 Å². The van der Waals surface area contributed by atoms with Gasteiger partial charge in [-0.1, -0.05) is 44.2 Å². The number of aliphatic hydroxyl groups excluding tert-OH is 1. The number of hydrogen-bond acceptors (Lipinski definition) is 9. The molecular weight excluding hydrogens is 594 g/mol. The van der Waals surface area contributed by atoms with Crippen LogP contribution in [0.4, 0.5) is 0 Å². The van der Waals surface area contributed by atoms with E-state index in [9.17, 15) is 29.4 Å². The number of benzene rings is 1. The number of pyridine rings is 1. The molecule has 13 heteroatoms. The largest absolute Gasteiger partial charge is 0.480 e. The highest BCUT2D eigenvalue weighted by atomic mass is 16.7. The highest BCUT2D eigenvalue weighted by Gasteiger charge is 2.45. The summed E-state index contributed by atoms with van der Waals surface area (Å²) < 4.78 is 11.8. The van der Waals surface area contributed by atoms with Crippen molar-refractivity contribution in [2.24, 2.45) is 11.3 Å². The number of nitrogens with zero attached hydrogens (tertiary/aromatic N) is 2. The van der Waals surface area contributed by atoms with Gasteiger partial charge in [0.1, 0.15) is 23.5 Å². The van der Waals surface area contributed by atoms with E-state index in [2.05, 4.69) is 21.0 Å². The summed E-state index contributed by atoms with van der Waals surface area (Å²) in [6, 6.07) is 6.46. The molecule has 2 saturated heterocycles. The molecule has 4 rings (SSSR count). The van der Waals surface area contributed by atoms with Crippen LogP contribution in [-0.4, -0.2) is 87.6 Å². The van der Waals surface area contributed by atoms with E-state index in [-0.39, 0.29) is 19.1 Å². The number of carboxylic acids is 1. The van der Waals surface area contributed by atoms with E-state index in [1.54, 1.807) is 52.8 Å². The maximum atomic E-state index is 14.0. The molecule has 3 heterocycles. The molecule has 0 bridgehead atoms. The number of aromatic nitrogens is 1. The van der Waals surface area contributed by atoms with Gasteiger partial charge in [0, 0.05) is 11.9 Å². The van der Waals surface area contributed by atoms with Gasteiger partial charge in [-0.05, 0) is 64.2 Å². The number of ether oxygens (including phenoxy) is 2. The normalized spacial score (nSPS) is 21.5. The first-order chi connectivity index (χ1) is 21.6. The predicted molar refractivity (Wildman–Crippen MR) is 170 cm³/mol. The molecule has 1 aromatic heterocycles. The molecule has 0 saturated carbocycles. The topological polar surface area (TPSA) is 179 Å². The zero-order chi connectivity index (χ0) is 33.8. The summed E-state index contributed by atoms with van der Waals surface area (Å²) in [4.78, 5) is 56.4. The van der Waals surface area contributed by atoms with Crippen LogP contribution in [0.15, 0.2) is 36.4 Å². The van der Waals surface area contributed by atoms with Gasteiger partial charge < -0.3 is 30.3 Å². The Bertz CT molecular complexity index is 1480. The molecule has 0 aliphatic carbocycles. The van der Waals surface area contributed by atoms with Gasteiger partial charge in [0.2, 0.25) is 11.8 Å². The molecule has 0 radical (unpaired) electrons. The predicted octanol–water partition coefficient (Wildman–Crippen LogP) is 2.30. The fraction of sp³-hybridized carbons (Fsp3) is 0.545. The van der Waals surface area contributed by atoms with Gasteiger partial charge in [-0.3, -0.25) is 29.2 Å². The van der Waals surface area contributed by atoms with Gasteiger partial charge in [0.05, 0.1) is 30.5 Å². The van der Waals surface area contributed by atoms with Crippen molar-refractivity contribution in [2.45, 2.75) is 84.4 Å². The van der Waals surface area contributed by atoms with Crippen LogP contribution in [0.3, 0.4) is 0 Å². The molecule has 2 aliphatic heterocycles. The lowest BCUT2D eigenvalue weighted by Gasteiger charge is -2.41. The van der Waals surface area contributed by atoms with Crippen LogP contribution in [-0.2, 0) is 28.7 Å². The second-order valence-corrected chi connectivity index (χ2v) is 12.9. The molecule has 0 spiro atoms. The van der Waals surface area contributed by atoms with Gasteiger partial charge in [-0.15, -0.1) is 0 Å². The third kappa shape index (κ3) is 8.27. The molecule has 13 nitrogen and oxygen atoms in total. The number of aliphatic carboxylic acids is 1. The first kappa shape index (κ1) is 35.0. The Morgan fingerprint density at radius 2 is 1.74 bits per heavy atom. The number of carbonyl (C=O) groups excluding carboxylic acids is 3. The maximum Gasteiger partial charge on any atom is 0.322 e. The van der Waals surface area contributed by atoms with Gasteiger partial charge in [0.15, 0.2) is 5.79 Å². The number of carbonyl (C=O) groups is 4. The van der Waals surface area contributed by atoms with Crippen LogP contribution in [0.25, 0.3) is 17.0 Å². The molecule has 46 heavy (non-hydrogen) atoms. The summed E-state index contributed by atoms with van der Waals surface area (Å²) in [6.45, 7) is 10.5. The molecule has 2 aromatic rings. The fourth-order valence-electron chi connectivity index (χ4n) is 5.28. The molecule has 3 amide bonds. The molecule has 5 N–H and O–H groups in total. The number of carboxylic acid groups (broad SMARTS) is 1. The Labute approximate surface area is 268 Å². The summed E-state index contributed by atoms with van der Waals surface area (Å²) >= 11 is 0. The Balaban J connectivity index is 1.52. The molecule has 2 aliphatic rings. The minimum Gasteiger partial charge on any atom is -0.480 e. The number of amides is 3. The minimum absolute atomic E-state index is 0.00691. The highest BCUT2D eigenvalue weighted by molar-refractivity contribution is 5.94. The van der Waals surface area contributed by atoms with Crippen molar-refractivity contribution in [1.29, 1.82) is 0 Å². The molecule has 1 aromatic carbocycles. The van der Waals surface area contributed by atoms with Gasteiger partial charge >= 0.3 is 5.97 Å². The number of hydrazine groups is 1. The molecule has 4 unspecified atom stereocenters. The van der Waals surface area contributed by atoms with Crippen LogP contribution in [0.5, 0.6) is 0 Å². The maximum absolute atomic E-state index is 14.0. The van der Waals surface area contributed by atoms with Gasteiger partial charge in [0.25, 0.3) is 5.91 Å². The molecular formula is C33H45N5O8. The van der Waals surface area contributed by atoms with E-state index in [0.29, 0.717) is 30.6 Å². The van der Waals surface area contributed by atoms with E-state index in [0.717, 1.165) is 10.9 Å². The highest BCUT2D eigenvalue weighted by Crippen LogP contribution is 2.33. The first-order valence-electron chi connectivity index (χ1n) is 15.6. The monoisotopic (exact) mass is 639 g/mol. The lowest BCUT2D eigenvalue weighted by Crippen LogP contribution is -2.62. The Morgan fingerprint density at radius 1 is 1.07 bits per heavy atom. The third-order valence-electron chi connectivity index (χ3n) is 8.28. The van der Waals surface area contributed by atoms with E-state index in [4.69, 9.17) is 9.47 Å². The van der Waals surface area contributed by atoms with Crippen molar-refractivity contribution < 1.29 is 38.9 Å². The molecule has 2 fully saturated rings. The quantitative estimate of drug-likeness (QED) is 0.259. The zero-order valence-corrected chi connectivity index (χ0v) is 27.2. The molecule has 4 atom stereocenters. The van der Waals surface area contributed by atoms with Crippen molar-refractivity contribution in [3.05, 3.63) is 47.7 Å². The van der Waals surface area contributed by atoms with E-state index >= 15 is 0 Å². The summed E-state index contributed by atoms with van der Waals surface area (Å²) in [6.07, 6.45) is 3.68. The lowest BCUT2D eigenvalue weighted by molar-refractivity contribution is -0.272. The Morgan fingerprint density at radius 3 is 2.37 bits per heavy atom. The second-order valence-electron chi connectivity index (χ2n) is 12.9. The smallest absolute Gasteiger partial charge is 0.322 e. The standard InChI is InChI=1S/C33H45N5O8/c1-19(2)27(28(40)34-20(3)29(41)38-15-7-8-25(37-38)30(42)43)36-31(44)33(17-45-32(5,6)46-18-33)14-13-22-9-10-23-11-12-24(21(4)39)35-26(23)16-22/h9-14,16,19-21,25,27,37,39H,7-8,15,17-18H2,1-6H3,(H,34,40)(H,36,44)(H,42,43). The number of fused-ring (bicyclic) bond motifs is 1. The number of rotatable bonds is 10. The third-order valence-corrected chi connectivity index (χ3v) is 8.28. The average molecular weight is 640 g/mol. The molecule has 250 valence electrons.